The van der Waals surface area contributed by atoms with Crippen molar-refractivity contribution in [2.45, 2.75) is 6.92 Å². The first-order valence-electron chi connectivity index (χ1n) is 12.6. The fourth-order valence-electron chi connectivity index (χ4n) is 4.53. The van der Waals surface area contributed by atoms with E-state index in [4.69, 9.17) is 21.6 Å². The van der Waals surface area contributed by atoms with Gasteiger partial charge in [-0.3, -0.25) is 0 Å². The number of hydrogen-bond acceptors (Lipinski definition) is 2. The van der Waals surface area contributed by atoms with E-state index in [2.05, 4.69) is 91.0 Å². The van der Waals surface area contributed by atoms with E-state index in [-0.39, 0.29) is 0 Å². The second kappa shape index (κ2) is 10.5. The van der Waals surface area contributed by atoms with Crippen LogP contribution in [-0.2, 0) is 0 Å². The third kappa shape index (κ3) is 5.00. The first-order valence-corrected chi connectivity index (χ1v) is 13.0. The van der Waals surface area contributed by atoms with Gasteiger partial charge in [0, 0.05) is 21.7 Å². The van der Waals surface area contributed by atoms with Crippen molar-refractivity contribution in [3.63, 3.8) is 0 Å². The summed E-state index contributed by atoms with van der Waals surface area (Å²) in [6, 6.07) is 45.8. The van der Waals surface area contributed by atoms with Crippen molar-refractivity contribution in [2.75, 3.05) is 0 Å². The molecule has 182 valence electrons. The average Bonchev–Trinajstić information content (AvgIpc) is 2.99. The SMILES string of the molecule is Cc1ccc(-c2ccc(-c3cc(-c4ccc(-c5ccccc5)cc4)nc(-c4ccccc4)n3)cc2)cc1Cl. The van der Waals surface area contributed by atoms with Crippen LogP contribution in [0, 0.1) is 6.92 Å². The van der Waals surface area contributed by atoms with E-state index in [1.54, 1.807) is 0 Å². The molecule has 0 radical (unpaired) electrons. The lowest BCUT2D eigenvalue weighted by Crippen LogP contribution is -1.96. The molecule has 0 N–H and O–H groups in total. The van der Waals surface area contributed by atoms with Gasteiger partial charge in [0.25, 0.3) is 0 Å². The van der Waals surface area contributed by atoms with E-state index in [0.29, 0.717) is 5.82 Å². The number of rotatable bonds is 5. The zero-order valence-electron chi connectivity index (χ0n) is 21.0. The summed E-state index contributed by atoms with van der Waals surface area (Å²) in [5.74, 6) is 0.708. The Morgan fingerprint density at radius 2 is 0.842 bits per heavy atom. The van der Waals surface area contributed by atoms with Gasteiger partial charge in [-0.05, 0) is 46.9 Å². The number of aryl methyl sites for hydroxylation is 1. The fraction of sp³-hybridized carbons (Fsp3) is 0.0286. The highest BCUT2D eigenvalue weighted by atomic mass is 35.5. The van der Waals surface area contributed by atoms with E-state index in [1.165, 1.54) is 11.1 Å². The topological polar surface area (TPSA) is 25.8 Å². The Labute approximate surface area is 228 Å². The molecule has 0 bridgehead atoms. The van der Waals surface area contributed by atoms with Crippen LogP contribution in [0.3, 0.4) is 0 Å². The predicted octanol–water partition coefficient (Wildman–Crippen LogP) is 9.77. The lowest BCUT2D eigenvalue weighted by atomic mass is 10.00. The first kappa shape index (κ1) is 23.8. The summed E-state index contributed by atoms with van der Waals surface area (Å²) < 4.78 is 0. The van der Waals surface area contributed by atoms with Gasteiger partial charge in [-0.15, -0.1) is 0 Å². The zero-order chi connectivity index (χ0) is 25.9. The van der Waals surface area contributed by atoms with E-state index in [9.17, 15) is 0 Å². The van der Waals surface area contributed by atoms with Crippen molar-refractivity contribution in [3.8, 4) is 56.2 Å². The minimum absolute atomic E-state index is 0.708. The smallest absolute Gasteiger partial charge is 0.160 e. The highest BCUT2D eigenvalue weighted by Crippen LogP contribution is 2.31. The highest BCUT2D eigenvalue weighted by Gasteiger charge is 2.11. The average molecular weight is 509 g/mol. The molecular weight excluding hydrogens is 484 g/mol. The van der Waals surface area contributed by atoms with Crippen molar-refractivity contribution in [1.29, 1.82) is 0 Å². The molecule has 2 nitrogen and oxygen atoms in total. The van der Waals surface area contributed by atoms with Gasteiger partial charge in [0.1, 0.15) is 0 Å². The van der Waals surface area contributed by atoms with Gasteiger partial charge in [0.05, 0.1) is 11.4 Å². The third-order valence-corrected chi connectivity index (χ3v) is 7.14. The first-order chi connectivity index (χ1) is 18.6. The zero-order valence-corrected chi connectivity index (χ0v) is 21.7. The molecule has 0 unspecified atom stereocenters. The largest absolute Gasteiger partial charge is 0.228 e. The van der Waals surface area contributed by atoms with E-state index < -0.39 is 0 Å². The van der Waals surface area contributed by atoms with Crippen molar-refractivity contribution in [1.82, 2.24) is 9.97 Å². The maximum atomic E-state index is 6.37. The summed E-state index contributed by atoms with van der Waals surface area (Å²) in [6.45, 7) is 2.02. The van der Waals surface area contributed by atoms with Crippen molar-refractivity contribution >= 4 is 11.6 Å². The lowest BCUT2D eigenvalue weighted by molar-refractivity contribution is 1.18. The molecule has 0 spiro atoms. The fourth-order valence-corrected chi connectivity index (χ4v) is 4.71. The van der Waals surface area contributed by atoms with Crippen LogP contribution in [0.25, 0.3) is 56.2 Å². The molecule has 1 heterocycles. The molecule has 0 aliphatic rings. The Morgan fingerprint density at radius 3 is 1.37 bits per heavy atom. The summed E-state index contributed by atoms with van der Waals surface area (Å²) in [5.41, 5.74) is 10.5. The van der Waals surface area contributed by atoms with Gasteiger partial charge >= 0.3 is 0 Å². The summed E-state index contributed by atoms with van der Waals surface area (Å²) in [6.07, 6.45) is 0. The standard InChI is InChI=1S/C35H25ClN2/c1-24-12-13-31(22-32(24)36)27-16-20-29(21-17-27)34-23-33(37-35(38-34)30-10-6-3-7-11-30)28-18-14-26(15-19-28)25-8-4-2-5-9-25/h2-23H,1H3. The summed E-state index contributed by atoms with van der Waals surface area (Å²) in [4.78, 5) is 9.92. The molecule has 0 aliphatic carbocycles. The molecule has 0 saturated heterocycles. The maximum absolute atomic E-state index is 6.37. The predicted molar refractivity (Wildman–Crippen MR) is 159 cm³/mol. The normalized spacial score (nSPS) is 10.9. The highest BCUT2D eigenvalue weighted by molar-refractivity contribution is 6.31. The minimum Gasteiger partial charge on any atom is -0.228 e. The van der Waals surface area contributed by atoms with Gasteiger partial charge in [-0.2, -0.15) is 0 Å². The Hall–Kier alpha value is -4.53. The molecule has 0 saturated carbocycles. The molecule has 6 aromatic rings. The van der Waals surface area contributed by atoms with Crippen LogP contribution < -0.4 is 0 Å². The second-order valence-corrected chi connectivity index (χ2v) is 9.72. The summed E-state index contributed by atoms with van der Waals surface area (Å²) in [7, 11) is 0. The lowest BCUT2D eigenvalue weighted by Gasteiger charge is -2.11. The van der Waals surface area contributed by atoms with E-state index in [0.717, 1.165) is 49.8 Å². The molecular formula is C35H25ClN2. The van der Waals surface area contributed by atoms with Crippen LogP contribution >= 0.6 is 11.6 Å². The van der Waals surface area contributed by atoms with Crippen molar-refractivity contribution in [3.05, 3.63) is 144 Å². The third-order valence-electron chi connectivity index (χ3n) is 6.73. The minimum atomic E-state index is 0.708. The van der Waals surface area contributed by atoms with E-state index in [1.807, 2.05) is 49.4 Å². The Bertz CT molecular complexity index is 1690. The Kier molecular flexibility index (Phi) is 6.56. The van der Waals surface area contributed by atoms with Gasteiger partial charge in [0.15, 0.2) is 5.82 Å². The molecule has 0 fully saturated rings. The molecule has 1 aromatic heterocycles. The molecule has 0 aliphatic heterocycles. The number of nitrogens with zero attached hydrogens (tertiary/aromatic N) is 2. The second-order valence-electron chi connectivity index (χ2n) is 9.31. The van der Waals surface area contributed by atoms with Gasteiger partial charge in [-0.25, -0.2) is 9.97 Å². The molecule has 0 atom stereocenters. The maximum Gasteiger partial charge on any atom is 0.160 e. The van der Waals surface area contributed by atoms with Crippen LogP contribution in [-0.4, -0.2) is 9.97 Å². The van der Waals surface area contributed by atoms with Crippen LogP contribution in [0.5, 0.6) is 0 Å². The van der Waals surface area contributed by atoms with Crippen LogP contribution in [0.2, 0.25) is 5.02 Å². The van der Waals surface area contributed by atoms with Crippen molar-refractivity contribution < 1.29 is 0 Å². The Balaban J connectivity index is 1.40. The van der Waals surface area contributed by atoms with E-state index >= 15 is 0 Å². The number of aromatic nitrogens is 2. The molecule has 3 heteroatoms. The molecule has 6 rings (SSSR count). The number of halogens is 1. The molecule has 0 amide bonds. The molecule has 5 aromatic carbocycles. The van der Waals surface area contributed by atoms with Gasteiger partial charge < -0.3 is 0 Å². The summed E-state index contributed by atoms with van der Waals surface area (Å²) >= 11 is 6.37. The Morgan fingerprint density at radius 1 is 0.421 bits per heavy atom. The van der Waals surface area contributed by atoms with Gasteiger partial charge in [0.2, 0.25) is 0 Å². The van der Waals surface area contributed by atoms with Gasteiger partial charge in [-0.1, -0.05) is 133 Å². The van der Waals surface area contributed by atoms with Crippen LogP contribution in [0.4, 0.5) is 0 Å². The monoisotopic (exact) mass is 508 g/mol. The van der Waals surface area contributed by atoms with Crippen LogP contribution in [0.1, 0.15) is 5.56 Å². The molecule has 38 heavy (non-hydrogen) atoms. The summed E-state index contributed by atoms with van der Waals surface area (Å²) in [5, 5.41) is 0.776. The van der Waals surface area contributed by atoms with Crippen LogP contribution in [0.15, 0.2) is 133 Å². The number of hydrogen-bond donors (Lipinski definition) is 0. The number of benzene rings is 5. The quantitative estimate of drug-likeness (QED) is 0.231. The van der Waals surface area contributed by atoms with Crippen molar-refractivity contribution in [2.24, 2.45) is 0 Å².